The smallest absolute Gasteiger partial charge is 0.0934 e. The molecule has 1 aromatic carbocycles. The van der Waals surface area contributed by atoms with Crippen LogP contribution in [0.2, 0.25) is 0 Å². The van der Waals surface area contributed by atoms with Crippen molar-refractivity contribution in [3.63, 3.8) is 0 Å². The minimum Gasteiger partial charge on any atom is -0.380 e. The number of anilines is 1. The van der Waals surface area contributed by atoms with Gasteiger partial charge in [-0.25, -0.2) is 0 Å². The first-order valence-electron chi connectivity index (χ1n) is 7.37. The Balaban J connectivity index is 1.94. The maximum Gasteiger partial charge on any atom is 0.0934 e. The molecule has 1 aliphatic carbocycles. The monoisotopic (exact) mass is 332 g/mol. The minimum absolute atomic E-state index is 0.357. The zero-order chi connectivity index (χ0) is 14.2. The van der Waals surface area contributed by atoms with Crippen molar-refractivity contribution in [2.24, 2.45) is 5.41 Å². The van der Waals surface area contributed by atoms with Gasteiger partial charge in [0, 0.05) is 22.1 Å². The maximum absolute atomic E-state index is 4.58. The van der Waals surface area contributed by atoms with E-state index in [0.29, 0.717) is 11.5 Å². The molecule has 0 radical (unpaired) electrons. The Morgan fingerprint density at radius 3 is 2.95 bits per heavy atom. The molecule has 106 valence electrons. The third-order valence-corrected chi connectivity index (χ3v) is 4.95. The fourth-order valence-electron chi connectivity index (χ4n) is 3.20. The first-order valence-corrected chi connectivity index (χ1v) is 8.16. The maximum atomic E-state index is 4.58. The van der Waals surface area contributed by atoms with Crippen LogP contribution in [-0.2, 0) is 0 Å². The Morgan fingerprint density at radius 2 is 2.15 bits per heavy atom. The third-order valence-electron chi connectivity index (χ3n) is 4.51. The number of nitrogens with one attached hydrogen (secondary N) is 1. The van der Waals surface area contributed by atoms with Crippen LogP contribution in [0.4, 0.5) is 5.69 Å². The average molecular weight is 333 g/mol. The van der Waals surface area contributed by atoms with E-state index in [4.69, 9.17) is 0 Å². The van der Waals surface area contributed by atoms with Gasteiger partial charge in [0.25, 0.3) is 0 Å². The predicted octanol–water partition coefficient (Wildman–Crippen LogP) is 5.38. The summed E-state index contributed by atoms with van der Waals surface area (Å²) in [4.78, 5) is 4.58. The Bertz CT molecular complexity index is 621. The summed E-state index contributed by atoms with van der Waals surface area (Å²) in [5, 5.41) is 4.93. The van der Waals surface area contributed by atoms with E-state index in [9.17, 15) is 0 Å². The molecular formula is C17H21BrN2. The van der Waals surface area contributed by atoms with Crippen LogP contribution < -0.4 is 5.32 Å². The van der Waals surface area contributed by atoms with E-state index in [1.54, 1.807) is 0 Å². The van der Waals surface area contributed by atoms with Gasteiger partial charge < -0.3 is 5.32 Å². The molecule has 2 nitrogen and oxygen atoms in total. The lowest BCUT2D eigenvalue weighted by atomic mass is 9.73. The van der Waals surface area contributed by atoms with Gasteiger partial charge in [0.05, 0.1) is 11.2 Å². The molecule has 0 saturated heterocycles. The van der Waals surface area contributed by atoms with Crippen molar-refractivity contribution in [1.29, 1.82) is 0 Å². The van der Waals surface area contributed by atoms with Gasteiger partial charge in [0.15, 0.2) is 0 Å². The molecule has 20 heavy (non-hydrogen) atoms. The fraction of sp³-hybridized carbons (Fsp3) is 0.471. The lowest BCUT2D eigenvalue weighted by molar-refractivity contribution is 0.217. The van der Waals surface area contributed by atoms with Crippen molar-refractivity contribution in [1.82, 2.24) is 4.98 Å². The number of rotatable bonds is 2. The van der Waals surface area contributed by atoms with Crippen LogP contribution in [0.3, 0.4) is 0 Å². The predicted molar refractivity (Wildman–Crippen MR) is 89.1 cm³/mol. The second kappa shape index (κ2) is 5.36. The topological polar surface area (TPSA) is 24.9 Å². The number of fused-ring (bicyclic) bond motifs is 1. The van der Waals surface area contributed by atoms with Gasteiger partial charge in [0.2, 0.25) is 0 Å². The largest absolute Gasteiger partial charge is 0.380 e. The van der Waals surface area contributed by atoms with Crippen molar-refractivity contribution >= 4 is 32.5 Å². The van der Waals surface area contributed by atoms with Crippen LogP contribution in [0.15, 0.2) is 34.9 Å². The zero-order valence-electron chi connectivity index (χ0n) is 12.1. The Labute approximate surface area is 129 Å². The molecule has 1 atom stereocenters. The quantitative estimate of drug-likeness (QED) is 0.798. The molecule has 2 aromatic rings. The van der Waals surface area contributed by atoms with Crippen LogP contribution in [0, 0.1) is 5.41 Å². The number of benzene rings is 1. The SMILES string of the molecule is CC1(C)CCCCC1Nc1cccc2cc(Br)cnc12. The molecule has 1 saturated carbocycles. The summed E-state index contributed by atoms with van der Waals surface area (Å²) in [6.07, 6.45) is 7.10. The van der Waals surface area contributed by atoms with E-state index in [0.717, 1.165) is 15.7 Å². The van der Waals surface area contributed by atoms with Crippen molar-refractivity contribution in [3.8, 4) is 0 Å². The number of nitrogens with zero attached hydrogens (tertiary/aromatic N) is 1. The molecule has 0 aliphatic heterocycles. The molecule has 0 spiro atoms. The number of pyridine rings is 1. The van der Waals surface area contributed by atoms with E-state index in [-0.39, 0.29) is 0 Å². The summed E-state index contributed by atoms with van der Waals surface area (Å²) >= 11 is 3.49. The van der Waals surface area contributed by atoms with Crippen LogP contribution >= 0.6 is 15.9 Å². The Kier molecular flexibility index (Phi) is 3.72. The van der Waals surface area contributed by atoms with Crippen LogP contribution in [0.1, 0.15) is 39.5 Å². The van der Waals surface area contributed by atoms with Gasteiger partial charge in [-0.2, -0.15) is 0 Å². The fourth-order valence-corrected chi connectivity index (χ4v) is 3.55. The van der Waals surface area contributed by atoms with Gasteiger partial charge in [-0.05, 0) is 46.3 Å². The minimum atomic E-state index is 0.357. The summed E-state index contributed by atoms with van der Waals surface area (Å²) < 4.78 is 1.03. The van der Waals surface area contributed by atoms with Crippen LogP contribution in [-0.4, -0.2) is 11.0 Å². The first-order chi connectivity index (χ1) is 9.56. The normalized spacial score (nSPS) is 21.9. The molecule has 1 aliphatic rings. The van der Waals surface area contributed by atoms with E-state index in [2.05, 4.69) is 64.3 Å². The van der Waals surface area contributed by atoms with Gasteiger partial charge in [-0.3, -0.25) is 4.98 Å². The molecule has 1 heterocycles. The number of halogens is 1. The Hall–Kier alpha value is -1.09. The number of hydrogen-bond donors (Lipinski definition) is 1. The van der Waals surface area contributed by atoms with E-state index >= 15 is 0 Å². The molecule has 3 rings (SSSR count). The van der Waals surface area contributed by atoms with E-state index in [1.165, 1.54) is 31.1 Å². The molecule has 1 aromatic heterocycles. The van der Waals surface area contributed by atoms with Crippen LogP contribution in [0.5, 0.6) is 0 Å². The van der Waals surface area contributed by atoms with Crippen molar-refractivity contribution in [3.05, 3.63) is 34.9 Å². The van der Waals surface area contributed by atoms with Gasteiger partial charge in [0.1, 0.15) is 0 Å². The average Bonchev–Trinajstić information content (AvgIpc) is 2.41. The van der Waals surface area contributed by atoms with Gasteiger partial charge in [-0.15, -0.1) is 0 Å². The van der Waals surface area contributed by atoms with E-state index < -0.39 is 0 Å². The first kappa shape index (κ1) is 13.9. The highest BCUT2D eigenvalue weighted by molar-refractivity contribution is 9.10. The molecule has 0 bridgehead atoms. The van der Waals surface area contributed by atoms with Crippen molar-refractivity contribution < 1.29 is 0 Å². The van der Waals surface area contributed by atoms with Crippen LogP contribution in [0.25, 0.3) is 10.9 Å². The Morgan fingerprint density at radius 1 is 1.30 bits per heavy atom. The van der Waals surface area contributed by atoms with Gasteiger partial charge >= 0.3 is 0 Å². The number of aromatic nitrogens is 1. The molecule has 1 fully saturated rings. The zero-order valence-corrected chi connectivity index (χ0v) is 13.7. The molecule has 1 unspecified atom stereocenters. The van der Waals surface area contributed by atoms with Crippen molar-refractivity contribution in [2.45, 2.75) is 45.6 Å². The van der Waals surface area contributed by atoms with Gasteiger partial charge in [-0.1, -0.05) is 38.8 Å². The molecule has 0 amide bonds. The summed E-state index contributed by atoms with van der Waals surface area (Å²) in [7, 11) is 0. The number of para-hydroxylation sites is 1. The summed E-state index contributed by atoms with van der Waals surface area (Å²) in [5.41, 5.74) is 2.59. The second-order valence-corrected chi connectivity index (χ2v) is 7.38. The number of hydrogen-bond acceptors (Lipinski definition) is 2. The van der Waals surface area contributed by atoms with Crippen molar-refractivity contribution in [2.75, 3.05) is 5.32 Å². The lowest BCUT2D eigenvalue weighted by Crippen LogP contribution is -2.38. The summed E-state index contributed by atoms with van der Waals surface area (Å²) in [6, 6.07) is 9.03. The third kappa shape index (κ3) is 2.69. The highest BCUT2D eigenvalue weighted by Gasteiger charge is 2.32. The summed E-state index contributed by atoms with van der Waals surface area (Å²) in [5.74, 6) is 0. The summed E-state index contributed by atoms with van der Waals surface area (Å²) in [6.45, 7) is 4.75. The second-order valence-electron chi connectivity index (χ2n) is 6.46. The highest BCUT2D eigenvalue weighted by Crippen LogP contribution is 2.38. The standard InChI is InChI=1S/C17H21BrN2/c1-17(2)9-4-3-8-15(17)20-14-7-5-6-12-10-13(18)11-19-16(12)14/h5-7,10-11,15,20H,3-4,8-9H2,1-2H3. The molecule has 3 heteroatoms. The van der Waals surface area contributed by atoms with E-state index in [1.807, 2.05) is 6.20 Å². The lowest BCUT2D eigenvalue weighted by Gasteiger charge is -2.39. The molecular weight excluding hydrogens is 312 g/mol. The highest BCUT2D eigenvalue weighted by atomic mass is 79.9. The molecule has 1 N–H and O–H groups in total.